The van der Waals surface area contributed by atoms with E-state index in [0.717, 1.165) is 19.0 Å². The first kappa shape index (κ1) is 14.6. The van der Waals surface area contributed by atoms with Crippen LogP contribution >= 0.6 is 0 Å². The Hall–Kier alpha value is -1.82. The lowest BCUT2D eigenvalue weighted by atomic mass is 10.3. The van der Waals surface area contributed by atoms with E-state index in [0.29, 0.717) is 18.1 Å². The van der Waals surface area contributed by atoms with Crippen molar-refractivity contribution in [3.8, 4) is 11.5 Å². The zero-order valence-corrected chi connectivity index (χ0v) is 11.9. The van der Waals surface area contributed by atoms with Gasteiger partial charge in [-0.15, -0.1) is 0 Å². The molecule has 0 heterocycles. The fraction of sp³-hybridized carbons (Fsp3) is 0.571. The van der Waals surface area contributed by atoms with Gasteiger partial charge in [0.05, 0.1) is 18.1 Å². The molecule has 0 spiro atoms. The molecule has 1 saturated carbocycles. The SMILES string of the molecule is COc1cc([N+](=O)[O-])ccc1OCCN(C)CC1CC1. The number of hydrogen-bond donors (Lipinski definition) is 0. The lowest BCUT2D eigenvalue weighted by Gasteiger charge is -2.17. The van der Waals surface area contributed by atoms with Crippen LogP contribution in [0.3, 0.4) is 0 Å². The lowest BCUT2D eigenvalue weighted by Crippen LogP contribution is -2.26. The van der Waals surface area contributed by atoms with Gasteiger partial charge in [-0.25, -0.2) is 0 Å². The van der Waals surface area contributed by atoms with Crippen molar-refractivity contribution in [2.75, 3.05) is 33.9 Å². The van der Waals surface area contributed by atoms with Gasteiger partial charge in [0.2, 0.25) is 0 Å². The largest absolute Gasteiger partial charge is 0.493 e. The van der Waals surface area contributed by atoms with Crippen molar-refractivity contribution in [1.82, 2.24) is 4.90 Å². The molecule has 110 valence electrons. The van der Waals surface area contributed by atoms with Crippen LogP contribution in [0.2, 0.25) is 0 Å². The third-order valence-electron chi connectivity index (χ3n) is 3.36. The third kappa shape index (κ3) is 4.09. The van der Waals surface area contributed by atoms with E-state index in [9.17, 15) is 10.1 Å². The highest BCUT2D eigenvalue weighted by Crippen LogP contribution is 2.31. The summed E-state index contributed by atoms with van der Waals surface area (Å²) in [4.78, 5) is 12.5. The average Bonchev–Trinajstić information content (AvgIpc) is 3.22. The van der Waals surface area contributed by atoms with Crippen LogP contribution < -0.4 is 9.47 Å². The van der Waals surface area contributed by atoms with Gasteiger partial charge < -0.3 is 14.4 Å². The number of ether oxygens (including phenoxy) is 2. The number of rotatable bonds is 8. The normalized spacial score (nSPS) is 14.3. The molecule has 1 fully saturated rings. The average molecular weight is 280 g/mol. The first-order valence-corrected chi connectivity index (χ1v) is 6.74. The predicted octanol–water partition coefficient (Wildman–Crippen LogP) is 2.32. The van der Waals surface area contributed by atoms with Crippen molar-refractivity contribution in [1.29, 1.82) is 0 Å². The van der Waals surface area contributed by atoms with E-state index in [2.05, 4.69) is 11.9 Å². The Kier molecular flexibility index (Phi) is 4.79. The molecule has 1 aromatic rings. The molecule has 1 aliphatic carbocycles. The zero-order chi connectivity index (χ0) is 14.5. The topological polar surface area (TPSA) is 64.8 Å². The molecule has 0 N–H and O–H groups in total. The number of nitro groups is 1. The second-order valence-electron chi connectivity index (χ2n) is 5.15. The Morgan fingerprint density at radius 2 is 2.15 bits per heavy atom. The summed E-state index contributed by atoms with van der Waals surface area (Å²) in [7, 11) is 3.56. The molecule has 6 heteroatoms. The minimum atomic E-state index is -0.449. The van der Waals surface area contributed by atoms with E-state index in [1.807, 2.05) is 0 Å². The standard InChI is InChI=1S/C14H20N2O4/c1-15(10-11-3-4-11)7-8-20-13-6-5-12(16(17)18)9-14(13)19-2/h5-6,9,11H,3-4,7-8,10H2,1-2H3. The maximum Gasteiger partial charge on any atom is 0.273 e. The number of nitro benzene ring substituents is 1. The van der Waals surface area contributed by atoms with E-state index in [4.69, 9.17) is 9.47 Å². The molecule has 2 rings (SSSR count). The zero-order valence-electron chi connectivity index (χ0n) is 11.9. The number of benzene rings is 1. The van der Waals surface area contributed by atoms with Crippen molar-refractivity contribution in [3.05, 3.63) is 28.3 Å². The summed E-state index contributed by atoms with van der Waals surface area (Å²) >= 11 is 0. The molecule has 0 atom stereocenters. The van der Waals surface area contributed by atoms with E-state index >= 15 is 0 Å². The molecule has 0 amide bonds. The summed E-state index contributed by atoms with van der Waals surface area (Å²) in [6.07, 6.45) is 2.67. The monoisotopic (exact) mass is 280 g/mol. The Morgan fingerprint density at radius 1 is 1.40 bits per heavy atom. The van der Waals surface area contributed by atoms with Crippen molar-refractivity contribution in [3.63, 3.8) is 0 Å². The lowest BCUT2D eigenvalue weighted by molar-refractivity contribution is -0.384. The summed E-state index contributed by atoms with van der Waals surface area (Å²) in [5.41, 5.74) is 0.0000476. The molecule has 0 bridgehead atoms. The van der Waals surface area contributed by atoms with Gasteiger partial charge in [-0.2, -0.15) is 0 Å². The molecule has 0 aromatic heterocycles. The third-order valence-corrected chi connectivity index (χ3v) is 3.36. The van der Waals surface area contributed by atoms with Crippen LogP contribution in [0.4, 0.5) is 5.69 Å². The van der Waals surface area contributed by atoms with E-state index in [-0.39, 0.29) is 5.69 Å². The highest BCUT2D eigenvalue weighted by molar-refractivity contribution is 5.48. The summed E-state index contributed by atoms with van der Waals surface area (Å²) in [6, 6.07) is 4.38. The Bertz CT molecular complexity index is 474. The van der Waals surface area contributed by atoms with Crippen LogP contribution in [0.15, 0.2) is 18.2 Å². The molecular formula is C14H20N2O4. The van der Waals surface area contributed by atoms with Gasteiger partial charge in [-0.3, -0.25) is 10.1 Å². The van der Waals surface area contributed by atoms with Crippen LogP contribution in [0.5, 0.6) is 11.5 Å². The maximum atomic E-state index is 10.7. The van der Waals surface area contributed by atoms with Crippen molar-refractivity contribution in [2.24, 2.45) is 5.92 Å². The number of likely N-dealkylation sites (N-methyl/N-ethyl adjacent to an activating group) is 1. The summed E-state index contributed by atoms with van der Waals surface area (Å²) < 4.78 is 10.8. The van der Waals surface area contributed by atoms with Gasteiger partial charge in [0.25, 0.3) is 5.69 Å². The number of non-ortho nitro benzene ring substituents is 1. The molecule has 0 saturated heterocycles. The molecule has 1 aromatic carbocycles. The molecule has 0 unspecified atom stereocenters. The van der Waals surface area contributed by atoms with Crippen molar-refractivity contribution in [2.45, 2.75) is 12.8 Å². The van der Waals surface area contributed by atoms with E-state index < -0.39 is 4.92 Å². The van der Waals surface area contributed by atoms with Gasteiger partial charge in [-0.1, -0.05) is 0 Å². The fourth-order valence-electron chi connectivity index (χ4n) is 2.03. The van der Waals surface area contributed by atoms with Gasteiger partial charge in [-0.05, 0) is 31.9 Å². The second kappa shape index (κ2) is 6.56. The Balaban J connectivity index is 1.86. The second-order valence-corrected chi connectivity index (χ2v) is 5.15. The number of methoxy groups -OCH3 is 1. The fourth-order valence-corrected chi connectivity index (χ4v) is 2.03. The van der Waals surface area contributed by atoms with Crippen molar-refractivity contribution >= 4 is 5.69 Å². The summed E-state index contributed by atoms with van der Waals surface area (Å²) in [5, 5.41) is 10.7. The van der Waals surface area contributed by atoms with Crippen LogP contribution in [0.25, 0.3) is 0 Å². The minimum Gasteiger partial charge on any atom is -0.493 e. The highest BCUT2D eigenvalue weighted by Gasteiger charge is 2.22. The van der Waals surface area contributed by atoms with Crippen LogP contribution in [-0.4, -0.2) is 43.7 Å². The molecule has 0 radical (unpaired) electrons. The Morgan fingerprint density at radius 3 is 2.75 bits per heavy atom. The van der Waals surface area contributed by atoms with E-state index in [1.54, 1.807) is 6.07 Å². The highest BCUT2D eigenvalue weighted by atomic mass is 16.6. The Labute approximate surface area is 118 Å². The smallest absolute Gasteiger partial charge is 0.273 e. The molecule has 6 nitrogen and oxygen atoms in total. The van der Waals surface area contributed by atoms with E-state index in [1.165, 1.54) is 32.1 Å². The number of nitrogens with zero attached hydrogens (tertiary/aromatic N) is 2. The molecule has 0 aliphatic heterocycles. The van der Waals surface area contributed by atoms with Gasteiger partial charge in [0, 0.05) is 19.2 Å². The van der Waals surface area contributed by atoms with Crippen LogP contribution in [0, 0.1) is 16.0 Å². The van der Waals surface area contributed by atoms with Gasteiger partial charge in [0.15, 0.2) is 11.5 Å². The van der Waals surface area contributed by atoms with Crippen LogP contribution in [-0.2, 0) is 0 Å². The molecule has 1 aliphatic rings. The molecular weight excluding hydrogens is 260 g/mol. The first-order chi connectivity index (χ1) is 9.60. The van der Waals surface area contributed by atoms with Gasteiger partial charge in [0.1, 0.15) is 6.61 Å². The molecule has 20 heavy (non-hydrogen) atoms. The maximum absolute atomic E-state index is 10.7. The van der Waals surface area contributed by atoms with Gasteiger partial charge >= 0.3 is 0 Å². The van der Waals surface area contributed by atoms with Crippen LogP contribution in [0.1, 0.15) is 12.8 Å². The first-order valence-electron chi connectivity index (χ1n) is 6.74. The quantitative estimate of drug-likeness (QED) is 0.540. The minimum absolute atomic E-state index is 0.0000476. The van der Waals surface area contributed by atoms with Crippen molar-refractivity contribution < 1.29 is 14.4 Å². The number of hydrogen-bond acceptors (Lipinski definition) is 5. The summed E-state index contributed by atoms with van der Waals surface area (Å²) in [6.45, 7) is 2.48. The predicted molar refractivity (Wildman–Crippen MR) is 75.4 cm³/mol. The summed E-state index contributed by atoms with van der Waals surface area (Å²) in [5.74, 6) is 1.79.